The Morgan fingerprint density at radius 2 is 2.31 bits per heavy atom. The molecule has 0 bridgehead atoms. The Bertz CT molecular complexity index is 312. The Kier molecular flexibility index (Phi) is 3.04. The second-order valence-electron chi connectivity index (χ2n) is 5.25. The standard InChI is InChI=1S/C12H20N2O2/c1-12(16)5-2-6-14(8-12)11(15)9-3-4-10(13)7-9/h3-4,9-10,16H,2,5-8,13H2,1H3. The van der Waals surface area contributed by atoms with Gasteiger partial charge in [-0.3, -0.25) is 4.79 Å². The van der Waals surface area contributed by atoms with Crippen LogP contribution in [0, 0.1) is 5.92 Å². The van der Waals surface area contributed by atoms with E-state index in [2.05, 4.69) is 0 Å². The van der Waals surface area contributed by atoms with E-state index in [1.807, 2.05) is 12.2 Å². The third-order valence-electron chi connectivity index (χ3n) is 3.42. The summed E-state index contributed by atoms with van der Waals surface area (Å²) >= 11 is 0. The highest BCUT2D eigenvalue weighted by atomic mass is 16.3. The van der Waals surface area contributed by atoms with Crippen LogP contribution in [0.2, 0.25) is 0 Å². The zero-order valence-corrected chi connectivity index (χ0v) is 9.72. The fourth-order valence-corrected chi connectivity index (χ4v) is 2.55. The monoisotopic (exact) mass is 224 g/mol. The summed E-state index contributed by atoms with van der Waals surface area (Å²) in [7, 11) is 0. The number of nitrogens with two attached hydrogens (primary N) is 1. The van der Waals surface area contributed by atoms with Crippen molar-refractivity contribution in [3.63, 3.8) is 0 Å². The third-order valence-corrected chi connectivity index (χ3v) is 3.42. The lowest BCUT2D eigenvalue weighted by molar-refractivity contribution is -0.140. The lowest BCUT2D eigenvalue weighted by Gasteiger charge is -2.37. The number of aliphatic hydroxyl groups is 1. The molecular formula is C12H20N2O2. The van der Waals surface area contributed by atoms with Gasteiger partial charge in [0.05, 0.1) is 11.5 Å². The van der Waals surface area contributed by atoms with Crippen molar-refractivity contribution in [3.8, 4) is 0 Å². The summed E-state index contributed by atoms with van der Waals surface area (Å²) in [6.07, 6.45) is 6.15. The van der Waals surface area contributed by atoms with E-state index in [4.69, 9.17) is 5.73 Å². The molecule has 0 aromatic heterocycles. The molecule has 2 aliphatic rings. The van der Waals surface area contributed by atoms with Crippen molar-refractivity contribution in [1.82, 2.24) is 4.90 Å². The largest absolute Gasteiger partial charge is 0.388 e. The first kappa shape index (κ1) is 11.6. The molecule has 1 amide bonds. The van der Waals surface area contributed by atoms with Crippen molar-refractivity contribution in [2.24, 2.45) is 11.7 Å². The normalized spacial score (nSPS) is 39.1. The minimum atomic E-state index is -0.724. The summed E-state index contributed by atoms with van der Waals surface area (Å²) in [5.41, 5.74) is 5.01. The first-order chi connectivity index (χ1) is 7.48. The predicted octanol–water partition coefficient (Wildman–Crippen LogP) is 0.263. The second-order valence-corrected chi connectivity index (χ2v) is 5.25. The van der Waals surface area contributed by atoms with Crippen molar-refractivity contribution < 1.29 is 9.90 Å². The Morgan fingerprint density at radius 1 is 1.56 bits per heavy atom. The highest BCUT2D eigenvalue weighted by Crippen LogP contribution is 2.25. The van der Waals surface area contributed by atoms with Gasteiger partial charge in [0.25, 0.3) is 0 Å². The number of piperidine rings is 1. The SMILES string of the molecule is CC1(O)CCCN(C(=O)C2C=CC(N)C2)C1. The maximum Gasteiger partial charge on any atom is 0.229 e. The molecular weight excluding hydrogens is 204 g/mol. The number of hydrogen-bond donors (Lipinski definition) is 2. The first-order valence-corrected chi connectivity index (χ1v) is 5.93. The van der Waals surface area contributed by atoms with Crippen LogP contribution in [0.5, 0.6) is 0 Å². The maximum atomic E-state index is 12.1. The van der Waals surface area contributed by atoms with E-state index >= 15 is 0 Å². The number of hydrogen-bond acceptors (Lipinski definition) is 3. The number of carbonyl (C=O) groups excluding carboxylic acids is 1. The summed E-state index contributed by atoms with van der Waals surface area (Å²) in [5, 5.41) is 9.95. The molecule has 4 nitrogen and oxygen atoms in total. The van der Waals surface area contributed by atoms with Crippen LogP contribution in [0.3, 0.4) is 0 Å². The van der Waals surface area contributed by atoms with Gasteiger partial charge in [-0.2, -0.15) is 0 Å². The zero-order valence-electron chi connectivity index (χ0n) is 9.72. The highest BCUT2D eigenvalue weighted by molar-refractivity contribution is 5.81. The molecule has 1 aliphatic carbocycles. The Labute approximate surface area is 96.1 Å². The van der Waals surface area contributed by atoms with Crippen molar-refractivity contribution in [2.45, 2.75) is 37.8 Å². The molecule has 1 heterocycles. The highest BCUT2D eigenvalue weighted by Gasteiger charge is 2.34. The molecule has 0 aromatic rings. The van der Waals surface area contributed by atoms with E-state index < -0.39 is 5.60 Å². The van der Waals surface area contributed by atoms with Crippen LogP contribution in [0.4, 0.5) is 0 Å². The van der Waals surface area contributed by atoms with E-state index in [0.29, 0.717) is 13.0 Å². The number of amides is 1. The van der Waals surface area contributed by atoms with Crippen molar-refractivity contribution in [3.05, 3.63) is 12.2 Å². The fourth-order valence-electron chi connectivity index (χ4n) is 2.55. The van der Waals surface area contributed by atoms with Gasteiger partial charge in [0.1, 0.15) is 0 Å². The van der Waals surface area contributed by atoms with Crippen LogP contribution in [0.15, 0.2) is 12.2 Å². The molecule has 4 heteroatoms. The van der Waals surface area contributed by atoms with Gasteiger partial charge in [0.15, 0.2) is 0 Å². The zero-order chi connectivity index (χ0) is 11.8. The minimum absolute atomic E-state index is 0.0132. The molecule has 1 fully saturated rings. The molecule has 90 valence electrons. The Balaban J connectivity index is 1.97. The minimum Gasteiger partial charge on any atom is -0.388 e. The van der Waals surface area contributed by atoms with E-state index in [9.17, 15) is 9.90 Å². The Hall–Kier alpha value is -0.870. The van der Waals surface area contributed by atoms with Crippen LogP contribution < -0.4 is 5.73 Å². The van der Waals surface area contributed by atoms with Gasteiger partial charge in [-0.15, -0.1) is 0 Å². The van der Waals surface area contributed by atoms with Gasteiger partial charge in [-0.1, -0.05) is 12.2 Å². The molecule has 1 saturated heterocycles. The number of carbonyl (C=O) groups is 1. The molecule has 3 atom stereocenters. The lowest BCUT2D eigenvalue weighted by atomic mass is 9.94. The second kappa shape index (κ2) is 4.18. The van der Waals surface area contributed by atoms with Crippen molar-refractivity contribution in [2.75, 3.05) is 13.1 Å². The summed E-state index contributed by atoms with van der Waals surface area (Å²) in [6.45, 7) is 3.00. The van der Waals surface area contributed by atoms with Crippen molar-refractivity contribution >= 4 is 5.91 Å². The average molecular weight is 224 g/mol. The molecule has 3 unspecified atom stereocenters. The number of likely N-dealkylation sites (tertiary alicyclic amines) is 1. The van der Waals surface area contributed by atoms with E-state index in [1.165, 1.54) is 0 Å². The predicted molar refractivity (Wildman–Crippen MR) is 61.7 cm³/mol. The lowest BCUT2D eigenvalue weighted by Crippen LogP contribution is -2.50. The van der Waals surface area contributed by atoms with Gasteiger partial charge in [0.2, 0.25) is 5.91 Å². The average Bonchev–Trinajstić information content (AvgIpc) is 2.62. The number of β-amino-alcohol motifs (C(OH)–C–C–N with tert-alkyl or cyclic N) is 1. The smallest absolute Gasteiger partial charge is 0.229 e. The molecule has 0 radical (unpaired) electrons. The quantitative estimate of drug-likeness (QED) is 0.628. The Morgan fingerprint density at radius 3 is 2.88 bits per heavy atom. The summed E-state index contributed by atoms with van der Waals surface area (Å²) < 4.78 is 0. The van der Waals surface area contributed by atoms with Gasteiger partial charge in [-0.05, 0) is 26.2 Å². The summed E-state index contributed by atoms with van der Waals surface area (Å²) in [5.74, 6) is 0.0353. The molecule has 0 aromatic carbocycles. The van der Waals surface area contributed by atoms with E-state index in [0.717, 1.165) is 19.4 Å². The van der Waals surface area contributed by atoms with E-state index in [1.54, 1.807) is 11.8 Å². The van der Waals surface area contributed by atoms with Crippen LogP contribution in [-0.2, 0) is 4.79 Å². The van der Waals surface area contributed by atoms with Gasteiger partial charge >= 0.3 is 0 Å². The molecule has 16 heavy (non-hydrogen) atoms. The third kappa shape index (κ3) is 2.44. The number of nitrogens with zero attached hydrogens (tertiary/aromatic N) is 1. The fraction of sp³-hybridized carbons (Fsp3) is 0.750. The van der Waals surface area contributed by atoms with Gasteiger partial charge in [-0.25, -0.2) is 0 Å². The van der Waals surface area contributed by atoms with Crippen LogP contribution in [0.1, 0.15) is 26.2 Å². The molecule has 1 aliphatic heterocycles. The van der Waals surface area contributed by atoms with Gasteiger partial charge in [0, 0.05) is 19.1 Å². The number of rotatable bonds is 1. The maximum absolute atomic E-state index is 12.1. The van der Waals surface area contributed by atoms with Crippen LogP contribution >= 0.6 is 0 Å². The van der Waals surface area contributed by atoms with E-state index in [-0.39, 0.29) is 17.9 Å². The van der Waals surface area contributed by atoms with Crippen molar-refractivity contribution in [1.29, 1.82) is 0 Å². The molecule has 2 rings (SSSR count). The summed E-state index contributed by atoms with van der Waals surface area (Å²) in [6, 6.07) is 0.0132. The van der Waals surface area contributed by atoms with Crippen LogP contribution in [-0.4, -0.2) is 40.6 Å². The molecule has 0 spiro atoms. The summed E-state index contributed by atoms with van der Waals surface area (Å²) in [4.78, 5) is 13.9. The first-order valence-electron chi connectivity index (χ1n) is 5.93. The molecule has 3 N–H and O–H groups in total. The van der Waals surface area contributed by atoms with Crippen LogP contribution in [0.25, 0.3) is 0 Å². The molecule has 0 saturated carbocycles. The van der Waals surface area contributed by atoms with Gasteiger partial charge < -0.3 is 15.7 Å². The topological polar surface area (TPSA) is 66.6 Å².